The molecule has 0 radical (unpaired) electrons. The van der Waals surface area contributed by atoms with E-state index in [4.69, 9.17) is 27.0 Å². The molecule has 0 atom stereocenters. The van der Waals surface area contributed by atoms with Crippen molar-refractivity contribution >= 4 is 11.6 Å². The zero-order valence-corrected chi connectivity index (χ0v) is 31.5. The van der Waals surface area contributed by atoms with Crippen molar-refractivity contribution in [2.24, 2.45) is 5.92 Å². The fraction of sp³-hybridized carbons (Fsp3) is 0.152. The second kappa shape index (κ2) is 15.5. The van der Waals surface area contributed by atoms with Gasteiger partial charge >= 0.3 is 5.69 Å². The fourth-order valence-electron chi connectivity index (χ4n) is 7.37. The van der Waals surface area contributed by atoms with Crippen LogP contribution in [-0.2, 0) is 18.5 Å². The molecule has 0 saturated carbocycles. The molecule has 0 aliphatic rings. The summed E-state index contributed by atoms with van der Waals surface area (Å²) in [4.78, 5) is 13.9. The van der Waals surface area contributed by atoms with E-state index in [-0.39, 0.29) is 5.69 Å². The molecule has 0 fully saturated rings. The first-order valence-corrected chi connectivity index (χ1v) is 18.9. The van der Waals surface area contributed by atoms with Crippen molar-refractivity contribution in [3.8, 4) is 28.2 Å². The number of aromatic nitrogens is 7. The summed E-state index contributed by atoms with van der Waals surface area (Å²) < 4.78 is 5.15. The lowest BCUT2D eigenvalue weighted by atomic mass is 9.77. The quantitative estimate of drug-likeness (QED) is 0.117. The minimum absolute atomic E-state index is 0.216. The lowest BCUT2D eigenvalue weighted by Crippen LogP contribution is -2.39. The summed E-state index contributed by atoms with van der Waals surface area (Å²) in [6.45, 7) is 4.73. The second-order valence-corrected chi connectivity index (χ2v) is 14.5. The average Bonchev–Trinajstić information content (AvgIpc) is 3.84. The minimum Gasteiger partial charge on any atom is -0.274 e. The van der Waals surface area contributed by atoms with E-state index in [0.29, 0.717) is 35.4 Å². The van der Waals surface area contributed by atoms with Crippen molar-refractivity contribution in [1.82, 2.24) is 34.6 Å². The Morgan fingerprint density at radius 2 is 1.20 bits per heavy atom. The van der Waals surface area contributed by atoms with Gasteiger partial charge in [0.15, 0.2) is 5.82 Å². The SMILES string of the molecule is CC(C)CCc1nn(-c2ccccc2Cl)c(=O)n1Cc1ccc(-c2ccccc2-c2nnnn2C(c2ccccc2)(c2ccccc2)c2ccccc2)cc1. The molecule has 0 N–H and O–H groups in total. The van der Waals surface area contributed by atoms with Gasteiger partial charge in [-0.3, -0.25) is 4.57 Å². The van der Waals surface area contributed by atoms with Gasteiger partial charge in [0.1, 0.15) is 11.4 Å². The van der Waals surface area contributed by atoms with E-state index in [1.54, 1.807) is 10.6 Å². The first-order valence-electron chi connectivity index (χ1n) is 18.5. The molecule has 0 aliphatic carbocycles. The van der Waals surface area contributed by atoms with Gasteiger partial charge in [-0.1, -0.05) is 177 Å². The molecule has 8 rings (SSSR count). The Morgan fingerprint density at radius 3 is 1.78 bits per heavy atom. The summed E-state index contributed by atoms with van der Waals surface area (Å²) in [6, 6.07) is 55.1. The number of hydrogen-bond donors (Lipinski definition) is 0. The first kappa shape index (κ1) is 35.6. The van der Waals surface area contributed by atoms with Gasteiger partial charge in [-0.15, -0.1) is 10.2 Å². The summed E-state index contributed by atoms with van der Waals surface area (Å²) in [7, 11) is 0. The van der Waals surface area contributed by atoms with E-state index in [1.165, 1.54) is 4.68 Å². The van der Waals surface area contributed by atoms with Crippen LogP contribution in [0, 0.1) is 5.92 Å². The number of tetrazole rings is 1. The van der Waals surface area contributed by atoms with Crippen LogP contribution < -0.4 is 5.69 Å². The Bertz CT molecular complexity index is 2480. The van der Waals surface area contributed by atoms with Crippen LogP contribution in [0.2, 0.25) is 5.02 Å². The molecule has 2 heterocycles. The van der Waals surface area contributed by atoms with Crippen LogP contribution in [0.15, 0.2) is 169 Å². The smallest absolute Gasteiger partial charge is 0.274 e. The Balaban J connectivity index is 1.20. The van der Waals surface area contributed by atoms with Crippen LogP contribution in [0.25, 0.3) is 28.2 Å². The van der Waals surface area contributed by atoms with Gasteiger partial charge in [0.25, 0.3) is 0 Å². The molecular weight excluding hydrogens is 702 g/mol. The summed E-state index contributed by atoms with van der Waals surface area (Å²) >= 11 is 6.51. The maximum Gasteiger partial charge on any atom is 0.351 e. The predicted molar refractivity (Wildman–Crippen MR) is 218 cm³/mol. The van der Waals surface area contributed by atoms with E-state index in [9.17, 15) is 4.79 Å². The van der Waals surface area contributed by atoms with E-state index in [0.717, 1.165) is 51.2 Å². The van der Waals surface area contributed by atoms with Crippen LogP contribution in [0.5, 0.6) is 0 Å². The standard InChI is InChI=1S/C46H40ClN7O/c1-33(2)26-31-43-49-53(42-25-15-14-24-41(42)47)45(55)52(43)32-34-27-29-35(30-28-34)39-22-12-13-23-40(39)44-48-50-51-54(44)46(36-16-6-3-7-17-36,37-18-8-4-9-19-37)38-20-10-5-11-21-38/h3-25,27-30,33H,26,31-32H2,1-2H3. The lowest BCUT2D eigenvalue weighted by Gasteiger charge is -2.36. The van der Waals surface area contributed by atoms with Gasteiger partial charge in [-0.2, -0.15) is 4.68 Å². The normalized spacial score (nSPS) is 11.6. The van der Waals surface area contributed by atoms with E-state index < -0.39 is 5.54 Å². The summed E-state index contributed by atoms with van der Waals surface area (Å²) in [5.41, 5.74) is 6.42. The third kappa shape index (κ3) is 6.81. The number of nitrogens with zero attached hydrogens (tertiary/aromatic N) is 7. The average molecular weight is 742 g/mol. The Labute approximate surface area is 325 Å². The molecule has 272 valence electrons. The molecular formula is C46H40ClN7O. The van der Waals surface area contributed by atoms with Crippen LogP contribution in [0.3, 0.4) is 0 Å². The van der Waals surface area contributed by atoms with Gasteiger partial charge in [0.05, 0.1) is 17.3 Å². The molecule has 0 saturated heterocycles. The van der Waals surface area contributed by atoms with Crippen molar-refractivity contribution in [3.05, 3.63) is 207 Å². The maximum absolute atomic E-state index is 13.9. The van der Waals surface area contributed by atoms with Crippen molar-refractivity contribution < 1.29 is 0 Å². The zero-order valence-electron chi connectivity index (χ0n) is 30.7. The van der Waals surface area contributed by atoms with Gasteiger partial charge in [0.2, 0.25) is 0 Å². The summed E-state index contributed by atoms with van der Waals surface area (Å²) in [5.74, 6) is 1.83. The number of aryl methyl sites for hydroxylation is 1. The second-order valence-electron chi connectivity index (χ2n) is 14.0. The molecule has 55 heavy (non-hydrogen) atoms. The predicted octanol–water partition coefficient (Wildman–Crippen LogP) is 9.48. The summed E-state index contributed by atoms with van der Waals surface area (Å²) in [6.07, 6.45) is 1.59. The van der Waals surface area contributed by atoms with Crippen molar-refractivity contribution in [1.29, 1.82) is 0 Å². The minimum atomic E-state index is -0.880. The number of halogens is 1. The van der Waals surface area contributed by atoms with Gasteiger partial charge in [0, 0.05) is 12.0 Å². The highest BCUT2D eigenvalue weighted by Crippen LogP contribution is 2.43. The van der Waals surface area contributed by atoms with Crippen LogP contribution >= 0.6 is 11.6 Å². The lowest BCUT2D eigenvalue weighted by molar-refractivity contribution is 0.451. The van der Waals surface area contributed by atoms with Crippen LogP contribution in [0.1, 0.15) is 48.3 Å². The zero-order chi connectivity index (χ0) is 37.8. The molecule has 0 unspecified atom stereocenters. The van der Waals surface area contributed by atoms with Gasteiger partial charge < -0.3 is 0 Å². The monoisotopic (exact) mass is 741 g/mol. The highest BCUT2D eigenvalue weighted by atomic mass is 35.5. The van der Waals surface area contributed by atoms with Crippen molar-refractivity contribution in [2.45, 2.75) is 38.8 Å². The van der Waals surface area contributed by atoms with Gasteiger partial charge in [-0.05, 0) is 68.3 Å². The molecule has 6 aromatic carbocycles. The third-order valence-corrected chi connectivity index (χ3v) is 10.4. The van der Waals surface area contributed by atoms with Crippen LogP contribution in [0.4, 0.5) is 0 Å². The molecule has 8 aromatic rings. The summed E-state index contributed by atoms with van der Waals surface area (Å²) in [5, 5.41) is 19.1. The van der Waals surface area contributed by atoms with Crippen LogP contribution in [-0.4, -0.2) is 34.6 Å². The molecule has 0 aliphatic heterocycles. The fourth-order valence-corrected chi connectivity index (χ4v) is 7.58. The highest BCUT2D eigenvalue weighted by Gasteiger charge is 2.42. The molecule has 0 spiro atoms. The molecule has 9 heteroatoms. The maximum atomic E-state index is 13.9. The Morgan fingerprint density at radius 1 is 0.655 bits per heavy atom. The largest absolute Gasteiger partial charge is 0.351 e. The van der Waals surface area contributed by atoms with Crippen molar-refractivity contribution in [2.75, 3.05) is 0 Å². The molecule has 0 bridgehead atoms. The molecule has 0 amide bonds. The number of para-hydroxylation sites is 1. The van der Waals surface area contributed by atoms with E-state index >= 15 is 0 Å². The number of hydrogen-bond acceptors (Lipinski definition) is 5. The highest BCUT2D eigenvalue weighted by molar-refractivity contribution is 6.32. The Kier molecular flexibility index (Phi) is 10.1. The Hall–Kier alpha value is -6.38. The van der Waals surface area contributed by atoms with Gasteiger partial charge in [-0.25, -0.2) is 9.48 Å². The molecule has 2 aromatic heterocycles. The van der Waals surface area contributed by atoms with E-state index in [2.05, 4.69) is 128 Å². The topological polar surface area (TPSA) is 83.4 Å². The van der Waals surface area contributed by atoms with E-state index in [1.807, 2.05) is 53.2 Å². The number of benzene rings is 6. The first-order chi connectivity index (χ1) is 26.9. The van der Waals surface area contributed by atoms with Crippen molar-refractivity contribution in [3.63, 3.8) is 0 Å². The molecule has 8 nitrogen and oxygen atoms in total. The number of rotatable bonds is 12. The third-order valence-electron chi connectivity index (χ3n) is 10.1.